The Morgan fingerprint density at radius 2 is 1.85 bits per heavy atom. The fraction of sp³-hybridized carbons (Fsp3) is 0.150. The Morgan fingerprint density at radius 1 is 1.11 bits per heavy atom. The van der Waals surface area contributed by atoms with Crippen LogP contribution in [0.2, 0.25) is 0 Å². The Kier molecular flexibility index (Phi) is 4.21. The summed E-state index contributed by atoms with van der Waals surface area (Å²) >= 11 is 3.36. The predicted molar refractivity (Wildman–Crippen MR) is 106 cm³/mol. The third kappa shape index (κ3) is 2.88. The maximum Gasteiger partial charge on any atom is 0.132 e. The molecule has 7 heteroatoms. The normalized spacial score (nSPS) is 21.1. The molecule has 2 aliphatic heterocycles. The molecule has 4 rings (SSSR count). The van der Waals surface area contributed by atoms with Gasteiger partial charge in [-0.05, 0) is 64.8 Å². The molecular weight excluding hydrogens is 408 g/mol. The van der Waals surface area contributed by atoms with Gasteiger partial charge in [-0.25, -0.2) is 4.99 Å². The number of nitrogens with one attached hydrogen (secondary N) is 1. The number of fused-ring (bicyclic) bond motifs is 1. The molecule has 27 heavy (non-hydrogen) atoms. The second kappa shape index (κ2) is 6.56. The summed E-state index contributed by atoms with van der Waals surface area (Å²) in [7, 11) is 0. The van der Waals surface area contributed by atoms with Gasteiger partial charge in [0.15, 0.2) is 0 Å². The number of phenolic OH excluding ortho intramolecular Hbond substituents is 2. The minimum absolute atomic E-state index is 0.139. The fourth-order valence-electron chi connectivity index (χ4n) is 3.51. The number of hydrogen-bond donors (Lipinski definition) is 3. The molecule has 2 unspecified atom stereocenters. The van der Waals surface area contributed by atoms with Gasteiger partial charge in [-0.15, -0.1) is 0 Å². The molecule has 6 nitrogen and oxygen atoms in total. The second-order valence-corrected chi connectivity index (χ2v) is 7.30. The smallest absolute Gasteiger partial charge is 0.132 e. The van der Waals surface area contributed by atoms with Crippen LogP contribution in [0.1, 0.15) is 24.0 Å². The lowest BCUT2D eigenvalue weighted by Gasteiger charge is -2.29. The zero-order valence-corrected chi connectivity index (χ0v) is 15.9. The maximum absolute atomic E-state index is 9.99. The van der Waals surface area contributed by atoms with Gasteiger partial charge in [0.1, 0.15) is 17.3 Å². The molecule has 2 atom stereocenters. The van der Waals surface area contributed by atoms with Crippen molar-refractivity contribution in [1.29, 1.82) is 5.26 Å². The van der Waals surface area contributed by atoms with Crippen LogP contribution in [0.25, 0.3) is 5.70 Å². The molecule has 0 aromatic heterocycles. The number of rotatable bonds is 2. The molecule has 2 aromatic carbocycles. The lowest BCUT2D eigenvalue weighted by molar-refractivity contribution is 0.471. The summed E-state index contributed by atoms with van der Waals surface area (Å²) in [5.41, 5.74) is 6.51. The van der Waals surface area contributed by atoms with Crippen molar-refractivity contribution < 1.29 is 10.2 Å². The molecule has 0 aliphatic carbocycles. The highest BCUT2D eigenvalue weighted by Gasteiger charge is 2.41. The quantitative estimate of drug-likeness (QED) is 0.682. The number of hydrazone groups is 1. The molecule has 134 valence electrons. The Balaban J connectivity index is 1.94. The van der Waals surface area contributed by atoms with Crippen molar-refractivity contribution in [2.24, 2.45) is 16.0 Å². The van der Waals surface area contributed by atoms with Crippen LogP contribution in [0.5, 0.6) is 11.5 Å². The van der Waals surface area contributed by atoms with Crippen molar-refractivity contribution in [2.75, 3.05) is 0 Å². The Bertz CT molecular complexity index is 1060. The van der Waals surface area contributed by atoms with Gasteiger partial charge in [-0.2, -0.15) is 10.4 Å². The van der Waals surface area contributed by atoms with Gasteiger partial charge >= 0.3 is 0 Å². The molecule has 0 radical (unpaired) electrons. The minimum Gasteiger partial charge on any atom is -0.508 e. The van der Waals surface area contributed by atoms with E-state index in [2.05, 4.69) is 37.5 Å². The SMILES string of the molecule is CC1=NNC2=NC(c3ccc(O)cc3)=C(C#N)C(c3ccc(O)c(Br)c3)C12. The number of allylic oxidation sites excluding steroid dienone is 1. The Labute approximate surface area is 164 Å². The van der Waals surface area contributed by atoms with Crippen LogP contribution < -0.4 is 5.43 Å². The van der Waals surface area contributed by atoms with E-state index in [4.69, 9.17) is 0 Å². The third-order valence-electron chi connectivity index (χ3n) is 4.82. The summed E-state index contributed by atoms with van der Waals surface area (Å²) < 4.78 is 0.563. The average Bonchev–Trinajstić information content (AvgIpc) is 3.04. The van der Waals surface area contributed by atoms with Gasteiger partial charge in [0.25, 0.3) is 0 Å². The number of nitriles is 1. The van der Waals surface area contributed by atoms with E-state index in [1.165, 1.54) is 0 Å². The number of aliphatic imine (C=N–C) groups is 1. The highest BCUT2D eigenvalue weighted by molar-refractivity contribution is 9.10. The zero-order chi connectivity index (χ0) is 19.1. The highest BCUT2D eigenvalue weighted by Crippen LogP contribution is 2.44. The van der Waals surface area contributed by atoms with E-state index in [0.717, 1.165) is 16.8 Å². The summed E-state index contributed by atoms with van der Waals surface area (Å²) in [5, 5.41) is 33.7. The molecule has 0 spiro atoms. The third-order valence-corrected chi connectivity index (χ3v) is 5.45. The van der Waals surface area contributed by atoms with E-state index in [-0.39, 0.29) is 23.3 Å². The molecule has 2 aliphatic rings. The molecule has 0 bridgehead atoms. The Morgan fingerprint density at radius 3 is 2.52 bits per heavy atom. The first kappa shape index (κ1) is 17.3. The van der Waals surface area contributed by atoms with E-state index >= 15 is 0 Å². The molecule has 2 aromatic rings. The second-order valence-electron chi connectivity index (χ2n) is 6.45. The number of nitrogens with zero attached hydrogens (tertiary/aromatic N) is 3. The van der Waals surface area contributed by atoms with E-state index in [1.807, 2.05) is 19.1 Å². The molecule has 3 N–H and O–H groups in total. The summed E-state index contributed by atoms with van der Waals surface area (Å²) in [4.78, 5) is 4.67. The van der Waals surface area contributed by atoms with Crippen molar-refractivity contribution in [1.82, 2.24) is 5.43 Å². The first-order chi connectivity index (χ1) is 13.0. The molecular formula is C20H15BrN4O2. The first-order valence-electron chi connectivity index (χ1n) is 8.30. The first-order valence-corrected chi connectivity index (χ1v) is 9.09. The van der Waals surface area contributed by atoms with E-state index in [9.17, 15) is 15.5 Å². The number of hydrogen-bond acceptors (Lipinski definition) is 6. The number of aromatic hydroxyl groups is 2. The summed E-state index contributed by atoms with van der Waals surface area (Å²) in [6.07, 6.45) is 0. The van der Waals surface area contributed by atoms with Gasteiger partial charge in [-0.1, -0.05) is 6.07 Å². The van der Waals surface area contributed by atoms with Crippen LogP contribution in [-0.2, 0) is 0 Å². The van der Waals surface area contributed by atoms with Gasteiger partial charge in [0, 0.05) is 17.2 Å². The van der Waals surface area contributed by atoms with E-state index in [1.54, 1.807) is 30.3 Å². The summed E-state index contributed by atoms with van der Waals surface area (Å²) in [6, 6.07) is 14.2. The highest BCUT2D eigenvalue weighted by atomic mass is 79.9. The van der Waals surface area contributed by atoms with Gasteiger partial charge in [0.05, 0.1) is 27.7 Å². The zero-order valence-electron chi connectivity index (χ0n) is 14.3. The number of amidine groups is 1. The van der Waals surface area contributed by atoms with Gasteiger partial charge in [0.2, 0.25) is 0 Å². The predicted octanol–water partition coefficient (Wildman–Crippen LogP) is 3.89. The topological polar surface area (TPSA) is 101 Å². The van der Waals surface area contributed by atoms with E-state index < -0.39 is 0 Å². The monoisotopic (exact) mass is 422 g/mol. The fourth-order valence-corrected chi connectivity index (χ4v) is 3.90. The van der Waals surface area contributed by atoms with Crippen molar-refractivity contribution in [3.63, 3.8) is 0 Å². The maximum atomic E-state index is 9.99. The van der Waals surface area contributed by atoms with Gasteiger partial charge < -0.3 is 10.2 Å². The number of benzene rings is 2. The molecule has 0 saturated carbocycles. The van der Waals surface area contributed by atoms with Crippen molar-refractivity contribution in [3.05, 3.63) is 63.6 Å². The minimum atomic E-state index is -0.290. The Hall–Kier alpha value is -3.11. The largest absolute Gasteiger partial charge is 0.508 e. The van der Waals surface area contributed by atoms with Crippen LogP contribution >= 0.6 is 15.9 Å². The molecule has 0 amide bonds. The van der Waals surface area contributed by atoms with Crippen LogP contribution in [0.3, 0.4) is 0 Å². The number of halogens is 1. The standard InChI is InChI=1S/C20H15BrN4O2/c1-10-17-18(12-4-7-16(27)15(21)8-12)14(9-22)19(23-20(17)25-24-10)11-2-5-13(26)6-3-11/h2-8,17-18,26-27H,1H3,(H,23,25). The van der Waals surface area contributed by atoms with Crippen LogP contribution in [0, 0.1) is 17.2 Å². The van der Waals surface area contributed by atoms with Crippen LogP contribution in [0.15, 0.2) is 62.6 Å². The van der Waals surface area contributed by atoms with Crippen molar-refractivity contribution >= 4 is 33.2 Å². The van der Waals surface area contributed by atoms with Crippen LogP contribution in [-0.4, -0.2) is 21.8 Å². The average molecular weight is 423 g/mol. The lowest BCUT2D eigenvalue weighted by Crippen LogP contribution is -2.33. The van der Waals surface area contributed by atoms with Gasteiger partial charge in [-0.3, -0.25) is 5.43 Å². The molecule has 0 fully saturated rings. The van der Waals surface area contributed by atoms with E-state index in [0.29, 0.717) is 21.6 Å². The lowest BCUT2D eigenvalue weighted by atomic mass is 9.75. The van der Waals surface area contributed by atoms with Crippen molar-refractivity contribution in [2.45, 2.75) is 12.8 Å². The van der Waals surface area contributed by atoms with Crippen LogP contribution in [0.4, 0.5) is 0 Å². The summed E-state index contributed by atoms with van der Waals surface area (Å²) in [5.74, 6) is 0.513. The van der Waals surface area contributed by atoms with Crippen molar-refractivity contribution in [3.8, 4) is 17.6 Å². The number of phenols is 2. The molecule has 2 heterocycles. The molecule has 0 saturated heterocycles. The summed E-state index contributed by atoms with van der Waals surface area (Å²) in [6.45, 7) is 1.91.